The van der Waals surface area contributed by atoms with Crippen LogP contribution in [0, 0.1) is 0 Å². The van der Waals surface area contributed by atoms with E-state index in [1.54, 1.807) is 0 Å². The highest BCUT2D eigenvalue weighted by molar-refractivity contribution is 5.28. The average molecular weight is 191 g/mol. The van der Waals surface area contributed by atoms with E-state index in [4.69, 9.17) is 0 Å². The molecule has 1 aromatic heterocycles. The Hall–Kier alpha value is -1.12. The maximum absolute atomic E-state index is 4.29. The predicted molar refractivity (Wildman–Crippen MR) is 57.3 cm³/mol. The van der Waals surface area contributed by atoms with Gasteiger partial charge in [0.25, 0.3) is 0 Å². The van der Waals surface area contributed by atoms with Gasteiger partial charge in [0.15, 0.2) is 0 Å². The SMILES string of the molecule is CCCCc1cnc(NC2CC2)nc1. The number of nitrogens with zero attached hydrogens (tertiary/aromatic N) is 2. The van der Waals surface area contributed by atoms with Crippen LogP contribution in [0.15, 0.2) is 12.4 Å². The highest BCUT2D eigenvalue weighted by Crippen LogP contribution is 2.22. The van der Waals surface area contributed by atoms with Crippen molar-refractivity contribution in [3.63, 3.8) is 0 Å². The third-order valence-corrected chi connectivity index (χ3v) is 2.43. The number of aryl methyl sites for hydroxylation is 1. The van der Waals surface area contributed by atoms with Gasteiger partial charge in [0.1, 0.15) is 0 Å². The summed E-state index contributed by atoms with van der Waals surface area (Å²) in [7, 11) is 0. The fourth-order valence-electron chi connectivity index (χ4n) is 1.35. The molecule has 0 aromatic carbocycles. The molecular weight excluding hydrogens is 174 g/mol. The molecule has 1 aliphatic carbocycles. The first kappa shape index (κ1) is 9.44. The summed E-state index contributed by atoms with van der Waals surface area (Å²) < 4.78 is 0. The van der Waals surface area contributed by atoms with Gasteiger partial charge in [0.05, 0.1) is 0 Å². The van der Waals surface area contributed by atoms with Crippen molar-refractivity contribution in [2.45, 2.75) is 45.1 Å². The topological polar surface area (TPSA) is 37.8 Å². The minimum atomic E-state index is 0.636. The van der Waals surface area contributed by atoms with Crippen LogP contribution in [-0.2, 0) is 6.42 Å². The monoisotopic (exact) mass is 191 g/mol. The fraction of sp³-hybridized carbons (Fsp3) is 0.636. The zero-order valence-corrected chi connectivity index (χ0v) is 8.66. The molecule has 1 aromatic rings. The van der Waals surface area contributed by atoms with Crippen LogP contribution in [0.2, 0.25) is 0 Å². The summed E-state index contributed by atoms with van der Waals surface area (Å²) in [5.74, 6) is 0.785. The van der Waals surface area contributed by atoms with Crippen molar-refractivity contribution in [2.75, 3.05) is 5.32 Å². The summed E-state index contributed by atoms with van der Waals surface area (Å²) in [6.07, 6.45) is 9.95. The van der Waals surface area contributed by atoms with Crippen molar-refractivity contribution < 1.29 is 0 Å². The van der Waals surface area contributed by atoms with Crippen molar-refractivity contribution in [1.29, 1.82) is 0 Å². The molecule has 0 spiro atoms. The molecule has 0 atom stereocenters. The first-order valence-corrected chi connectivity index (χ1v) is 5.46. The van der Waals surface area contributed by atoms with Crippen LogP contribution in [0.25, 0.3) is 0 Å². The molecule has 14 heavy (non-hydrogen) atoms. The van der Waals surface area contributed by atoms with Crippen LogP contribution < -0.4 is 5.32 Å². The van der Waals surface area contributed by atoms with Gasteiger partial charge in [0.2, 0.25) is 5.95 Å². The van der Waals surface area contributed by atoms with Crippen LogP contribution >= 0.6 is 0 Å². The summed E-state index contributed by atoms with van der Waals surface area (Å²) in [6, 6.07) is 0.636. The summed E-state index contributed by atoms with van der Waals surface area (Å²) in [5.41, 5.74) is 1.24. The maximum Gasteiger partial charge on any atom is 0.222 e. The molecule has 0 aliphatic heterocycles. The molecule has 1 N–H and O–H groups in total. The van der Waals surface area contributed by atoms with E-state index >= 15 is 0 Å². The van der Waals surface area contributed by atoms with Crippen molar-refractivity contribution >= 4 is 5.95 Å². The number of aromatic nitrogens is 2. The molecule has 0 amide bonds. The van der Waals surface area contributed by atoms with Gasteiger partial charge in [-0.15, -0.1) is 0 Å². The minimum absolute atomic E-state index is 0.636. The van der Waals surface area contributed by atoms with Gasteiger partial charge < -0.3 is 5.32 Å². The standard InChI is InChI=1S/C11H17N3/c1-2-3-4-9-7-12-11(13-8-9)14-10-5-6-10/h7-8,10H,2-6H2,1H3,(H,12,13,14). The lowest BCUT2D eigenvalue weighted by Gasteiger charge is -2.03. The third-order valence-electron chi connectivity index (χ3n) is 2.43. The second-order valence-electron chi connectivity index (χ2n) is 3.94. The second-order valence-corrected chi connectivity index (χ2v) is 3.94. The maximum atomic E-state index is 4.29. The molecule has 3 heteroatoms. The van der Waals surface area contributed by atoms with Gasteiger partial charge in [-0.05, 0) is 31.2 Å². The van der Waals surface area contributed by atoms with Gasteiger partial charge in [-0.1, -0.05) is 13.3 Å². The average Bonchev–Trinajstić information content (AvgIpc) is 3.01. The van der Waals surface area contributed by atoms with Gasteiger partial charge in [-0.25, -0.2) is 9.97 Å². The number of hydrogen-bond acceptors (Lipinski definition) is 3. The molecule has 1 heterocycles. The lowest BCUT2D eigenvalue weighted by Crippen LogP contribution is -2.05. The number of anilines is 1. The molecule has 76 valence electrons. The lowest BCUT2D eigenvalue weighted by molar-refractivity contribution is 0.787. The van der Waals surface area contributed by atoms with Crippen molar-refractivity contribution in [2.24, 2.45) is 0 Å². The molecule has 1 saturated carbocycles. The fourth-order valence-corrected chi connectivity index (χ4v) is 1.35. The number of rotatable bonds is 5. The van der Waals surface area contributed by atoms with E-state index in [0.717, 1.165) is 12.4 Å². The zero-order valence-electron chi connectivity index (χ0n) is 8.66. The van der Waals surface area contributed by atoms with Crippen LogP contribution in [0.5, 0.6) is 0 Å². The quantitative estimate of drug-likeness (QED) is 0.776. The number of nitrogens with one attached hydrogen (secondary N) is 1. The van der Waals surface area contributed by atoms with Crippen LogP contribution in [0.3, 0.4) is 0 Å². The molecule has 0 saturated heterocycles. The van der Waals surface area contributed by atoms with E-state index in [1.807, 2.05) is 12.4 Å². The highest BCUT2D eigenvalue weighted by Gasteiger charge is 2.21. The Morgan fingerprint density at radius 3 is 2.64 bits per heavy atom. The van der Waals surface area contributed by atoms with Crippen LogP contribution in [0.1, 0.15) is 38.2 Å². The molecule has 2 rings (SSSR count). The van der Waals surface area contributed by atoms with Crippen molar-refractivity contribution in [3.8, 4) is 0 Å². The Balaban J connectivity index is 1.88. The first-order chi connectivity index (χ1) is 6.88. The highest BCUT2D eigenvalue weighted by atomic mass is 15.1. The molecule has 0 bridgehead atoms. The number of hydrogen-bond donors (Lipinski definition) is 1. The van der Waals surface area contributed by atoms with E-state index in [1.165, 1.54) is 31.2 Å². The first-order valence-electron chi connectivity index (χ1n) is 5.46. The van der Waals surface area contributed by atoms with Crippen molar-refractivity contribution in [1.82, 2.24) is 9.97 Å². The molecular formula is C11H17N3. The molecule has 1 fully saturated rings. The Morgan fingerprint density at radius 2 is 2.07 bits per heavy atom. The van der Waals surface area contributed by atoms with Gasteiger partial charge in [-0.3, -0.25) is 0 Å². The van der Waals surface area contributed by atoms with E-state index in [0.29, 0.717) is 6.04 Å². The van der Waals surface area contributed by atoms with Crippen LogP contribution in [-0.4, -0.2) is 16.0 Å². The van der Waals surface area contributed by atoms with Gasteiger partial charge in [-0.2, -0.15) is 0 Å². The molecule has 1 aliphatic rings. The van der Waals surface area contributed by atoms with E-state index in [2.05, 4.69) is 22.2 Å². The normalized spacial score (nSPS) is 15.5. The van der Waals surface area contributed by atoms with Crippen molar-refractivity contribution in [3.05, 3.63) is 18.0 Å². The Morgan fingerprint density at radius 1 is 1.36 bits per heavy atom. The Bertz CT molecular complexity index is 277. The summed E-state index contributed by atoms with van der Waals surface area (Å²) in [4.78, 5) is 8.58. The zero-order chi connectivity index (χ0) is 9.80. The van der Waals surface area contributed by atoms with E-state index < -0.39 is 0 Å². The number of unbranched alkanes of at least 4 members (excludes halogenated alkanes) is 1. The Labute approximate surface area is 85.0 Å². The summed E-state index contributed by atoms with van der Waals surface area (Å²) in [5, 5.41) is 3.28. The van der Waals surface area contributed by atoms with Crippen LogP contribution in [0.4, 0.5) is 5.95 Å². The molecule has 0 unspecified atom stereocenters. The largest absolute Gasteiger partial charge is 0.351 e. The minimum Gasteiger partial charge on any atom is -0.351 e. The smallest absolute Gasteiger partial charge is 0.222 e. The molecule has 0 radical (unpaired) electrons. The Kier molecular flexibility index (Phi) is 2.96. The summed E-state index contributed by atoms with van der Waals surface area (Å²) >= 11 is 0. The predicted octanol–water partition coefficient (Wildman–Crippen LogP) is 2.39. The molecule has 3 nitrogen and oxygen atoms in total. The summed E-state index contributed by atoms with van der Waals surface area (Å²) in [6.45, 7) is 2.20. The van der Waals surface area contributed by atoms with E-state index in [-0.39, 0.29) is 0 Å². The van der Waals surface area contributed by atoms with Gasteiger partial charge >= 0.3 is 0 Å². The van der Waals surface area contributed by atoms with E-state index in [9.17, 15) is 0 Å². The van der Waals surface area contributed by atoms with Gasteiger partial charge in [0, 0.05) is 18.4 Å². The second kappa shape index (κ2) is 4.40. The third kappa shape index (κ3) is 2.69. The lowest BCUT2D eigenvalue weighted by atomic mass is 10.2.